The van der Waals surface area contributed by atoms with Gasteiger partial charge in [-0.2, -0.15) is 0 Å². The Balaban J connectivity index is 2.12. The lowest BCUT2D eigenvalue weighted by atomic mass is 10.2. The van der Waals surface area contributed by atoms with Gasteiger partial charge in [0, 0.05) is 23.4 Å². The third-order valence-electron chi connectivity index (χ3n) is 2.25. The van der Waals surface area contributed by atoms with Crippen LogP contribution in [0.25, 0.3) is 0 Å². The van der Waals surface area contributed by atoms with E-state index in [0.717, 1.165) is 15.7 Å². The highest BCUT2D eigenvalue weighted by molar-refractivity contribution is 9.10. The minimum absolute atomic E-state index is 0.609. The molecule has 0 saturated heterocycles. The standard InChI is InChI=1S/C12H9BrCl2N2/c13-9-1-2-10(14)12(5-9)17-6-8-3-4-16-7-11(8)15/h1-5,7,17H,6H2. The van der Waals surface area contributed by atoms with Crippen molar-refractivity contribution < 1.29 is 0 Å². The third kappa shape index (κ3) is 3.35. The average Bonchev–Trinajstić information content (AvgIpc) is 2.32. The first-order chi connectivity index (χ1) is 8.16. The molecule has 0 radical (unpaired) electrons. The molecule has 1 aromatic carbocycles. The van der Waals surface area contributed by atoms with E-state index in [9.17, 15) is 0 Å². The van der Waals surface area contributed by atoms with E-state index >= 15 is 0 Å². The van der Waals surface area contributed by atoms with Gasteiger partial charge in [0.1, 0.15) is 0 Å². The molecule has 17 heavy (non-hydrogen) atoms. The SMILES string of the molecule is Clc1cnccc1CNc1cc(Br)ccc1Cl. The molecule has 0 atom stereocenters. The summed E-state index contributed by atoms with van der Waals surface area (Å²) in [5.74, 6) is 0. The molecule has 0 unspecified atom stereocenters. The first kappa shape index (κ1) is 12.7. The molecule has 0 bridgehead atoms. The molecule has 2 aromatic rings. The van der Waals surface area contributed by atoms with Crippen molar-refractivity contribution in [3.05, 3.63) is 56.7 Å². The summed E-state index contributed by atoms with van der Waals surface area (Å²) in [6.07, 6.45) is 3.34. The molecule has 0 amide bonds. The van der Waals surface area contributed by atoms with Gasteiger partial charge in [-0.3, -0.25) is 4.98 Å². The molecule has 0 fully saturated rings. The summed E-state index contributed by atoms with van der Waals surface area (Å²) in [4.78, 5) is 3.94. The predicted molar refractivity (Wildman–Crippen MR) is 75.7 cm³/mol. The zero-order valence-corrected chi connectivity index (χ0v) is 11.9. The number of anilines is 1. The average molecular weight is 332 g/mol. The van der Waals surface area contributed by atoms with Crippen molar-refractivity contribution in [1.29, 1.82) is 0 Å². The van der Waals surface area contributed by atoms with Gasteiger partial charge < -0.3 is 5.32 Å². The molecule has 2 nitrogen and oxygen atoms in total. The number of pyridine rings is 1. The Morgan fingerprint density at radius 1 is 1.18 bits per heavy atom. The topological polar surface area (TPSA) is 24.9 Å². The van der Waals surface area contributed by atoms with Crippen LogP contribution in [-0.4, -0.2) is 4.98 Å². The van der Waals surface area contributed by atoms with E-state index in [0.29, 0.717) is 16.6 Å². The summed E-state index contributed by atoms with van der Waals surface area (Å²) >= 11 is 15.5. The Morgan fingerprint density at radius 2 is 2.00 bits per heavy atom. The number of benzene rings is 1. The van der Waals surface area contributed by atoms with E-state index in [4.69, 9.17) is 23.2 Å². The lowest BCUT2D eigenvalue weighted by Gasteiger charge is -2.09. The molecule has 0 spiro atoms. The van der Waals surface area contributed by atoms with Gasteiger partial charge in [-0.05, 0) is 29.8 Å². The van der Waals surface area contributed by atoms with E-state index in [-0.39, 0.29) is 0 Å². The second-order valence-corrected chi connectivity index (χ2v) is 5.17. The molecule has 88 valence electrons. The predicted octanol–water partition coefficient (Wildman–Crippen LogP) is 4.76. The van der Waals surface area contributed by atoms with Crippen molar-refractivity contribution in [3.63, 3.8) is 0 Å². The number of aromatic nitrogens is 1. The Kier molecular flexibility index (Phi) is 4.26. The summed E-state index contributed by atoms with van der Waals surface area (Å²) in [7, 11) is 0. The normalized spacial score (nSPS) is 10.3. The fourth-order valence-electron chi connectivity index (χ4n) is 1.37. The van der Waals surface area contributed by atoms with Gasteiger partial charge >= 0.3 is 0 Å². The summed E-state index contributed by atoms with van der Waals surface area (Å²) < 4.78 is 0.977. The van der Waals surface area contributed by atoms with Gasteiger partial charge in [-0.15, -0.1) is 0 Å². The van der Waals surface area contributed by atoms with Crippen LogP contribution < -0.4 is 5.32 Å². The van der Waals surface area contributed by atoms with Crippen LogP contribution in [0, 0.1) is 0 Å². The minimum Gasteiger partial charge on any atom is -0.380 e. The third-order valence-corrected chi connectivity index (χ3v) is 3.42. The van der Waals surface area contributed by atoms with Gasteiger partial charge in [0.25, 0.3) is 0 Å². The molecule has 0 aliphatic rings. The van der Waals surface area contributed by atoms with E-state index in [1.807, 2.05) is 24.3 Å². The smallest absolute Gasteiger partial charge is 0.0639 e. The summed E-state index contributed by atoms with van der Waals surface area (Å²) in [5.41, 5.74) is 1.85. The highest BCUT2D eigenvalue weighted by Crippen LogP contribution is 2.26. The molecule has 0 saturated carbocycles. The lowest BCUT2D eigenvalue weighted by Crippen LogP contribution is -2.00. The van der Waals surface area contributed by atoms with Crippen LogP contribution in [0.4, 0.5) is 5.69 Å². The Bertz CT molecular complexity index is 532. The first-order valence-corrected chi connectivity index (χ1v) is 6.49. The van der Waals surface area contributed by atoms with Crippen molar-refractivity contribution in [2.75, 3.05) is 5.32 Å². The number of hydrogen-bond donors (Lipinski definition) is 1. The van der Waals surface area contributed by atoms with Crippen molar-refractivity contribution >= 4 is 44.8 Å². The quantitative estimate of drug-likeness (QED) is 0.876. The zero-order chi connectivity index (χ0) is 12.3. The Hall–Kier alpha value is -0.770. The fourth-order valence-corrected chi connectivity index (χ4v) is 2.10. The second kappa shape index (κ2) is 5.71. The number of rotatable bonds is 3. The van der Waals surface area contributed by atoms with Crippen molar-refractivity contribution in [3.8, 4) is 0 Å². The molecule has 1 N–H and O–H groups in total. The Morgan fingerprint density at radius 3 is 2.76 bits per heavy atom. The van der Waals surface area contributed by atoms with Crippen LogP contribution in [-0.2, 0) is 6.54 Å². The lowest BCUT2D eigenvalue weighted by molar-refractivity contribution is 1.13. The van der Waals surface area contributed by atoms with Crippen LogP contribution in [0.5, 0.6) is 0 Å². The van der Waals surface area contributed by atoms with Gasteiger partial charge in [0.05, 0.1) is 15.7 Å². The highest BCUT2D eigenvalue weighted by Gasteiger charge is 2.03. The minimum atomic E-state index is 0.609. The maximum Gasteiger partial charge on any atom is 0.0639 e. The number of nitrogens with one attached hydrogen (secondary N) is 1. The van der Waals surface area contributed by atoms with Gasteiger partial charge in [-0.1, -0.05) is 39.1 Å². The van der Waals surface area contributed by atoms with E-state index in [1.165, 1.54) is 0 Å². The number of halogens is 3. The van der Waals surface area contributed by atoms with E-state index in [1.54, 1.807) is 12.4 Å². The number of nitrogens with zero attached hydrogens (tertiary/aromatic N) is 1. The Labute approximate surface area is 118 Å². The van der Waals surface area contributed by atoms with Crippen LogP contribution in [0.2, 0.25) is 10.0 Å². The van der Waals surface area contributed by atoms with Crippen LogP contribution >= 0.6 is 39.1 Å². The zero-order valence-electron chi connectivity index (χ0n) is 8.75. The largest absolute Gasteiger partial charge is 0.380 e. The van der Waals surface area contributed by atoms with Crippen LogP contribution in [0.1, 0.15) is 5.56 Å². The highest BCUT2D eigenvalue weighted by atomic mass is 79.9. The van der Waals surface area contributed by atoms with Crippen molar-refractivity contribution in [1.82, 2.24) is 4.98 Å². The summed E-state index contributed by atoms with van der Waals surface area (Å²) in [5, 5.41) is 4.56. The second-order valence-electron chi connectivity index (χ2n) is 3.44. The molecule has 1 heterocycles. The first-order valence-electron chi connectivity index (χ1n) is 4.94. The van der Waals surface area contributed by atoms with Crippen LogP contribution in [0.3, 0.4) is 0 Å². The summed E-state index contributed by atoms with van der Waals surface area (Å²) in [6.45, 7) is 0.609. The molecule has 0 aliphatic carbocycles. The summed E-state index contributed by atoms with van der Waals surface area (Å²) in [6, 6.07) is 7.54. The van der Waals surface area contributed by atoms with Gasteiger partial charge in [0.2, 0.25) is 0 Å². The molecule has 5 heteroatoms. The van der Waals surface area contributed by atoms with E-state index in [2.05, 4.69) is 26.2 Å². The van der Waals surface area contributed by atoms with Gasteiger partial charge in [0.15, 0.2) is 0 Å². The fraction of sp³-hybridized carbons (Fsp3) is 0.0833. The maximum absolute atomic E-state index is 6.07. The van der Waals surface area contributed by atoms with Crippen molar-refractivity contribution in [2.24, 2.45) is 0 Å². The maximum atomic E-state index is 6.07. The number of hydrogen-bond acceptors (Lipinski definition) is 2. The van der Waals surface area contributed by atoms with Crippen molar-refractivity contribution in [2.45, 2.75) is 6.54 Å². The van der Waals surface area contributed by atoms with Crippen LogP contribution in [0.15, 0.2) is 41.1 Å². The van der Waals surface area contributed by atoms with E-state index < -0.39 is 0 Å². The molecule has 2 rings (SSSR count). The molecular weight excluding hydrogens is 323 g/mol. The molecular formula is C12H9BrCl2N2. The van der Waals surface area contributed by atoms with Gasteiger partial charge in [-0.25, -0.2) is 0 Å². The molecule has 1 aromatic heterocycles. The monoisotopic (exact) mass is 330 g/mol. The molecule has 0 aliphatic heterocycles.